The number of non-ortho nitro benzene ring substituents is 1. The van der Waals surface area contributed by atoms with E-state index < -0.39 is 23.4 Å². The summed E-state index contributed by atoms with van der Waals surface area (Å²) < 4.78 is 5.65. The van der Waals surface area contributed by atoms with Crippen molar-refractivity contribution in [3.05, 3.63) is 61.0 Å². The molecule has 2 rings (SSSR count). The first-order chi connectivity index (χ1) is 12.3. The van der Waals surface area contributed by atoms with Gasteiger partial charge in [-0.1, -0.05) is 12.1 Å². The normalized spacial score (nSPS) is 10.1. The van der Waals surface area contributed by atoms with Gasteiger partial charge in [0, 0.05) is 33.8 Å². The van der Waals surface area contributed by atoms with Gasteiger partial charge in [0.05, 0.1) is 16.2 Å². The van der Waals surface area contributed by atoms with Gasteiger partial charge >= 0.3 is 5.97 Å². The van der Waals surface area contributed by atoms with Crippen LogP contribution in [0.4, 0.5) is 17.1 Å². The van der Waals surface area contributed by atoms with Crippen LogP contribution in [0.2, 0.25) is 0 Å². The van der Waals surface area contributed by atoms with E-state index in [4.69, 9.17) is 4.74 Å². The second kappa shape index (κ2) is 8.77. The molecule has 0 spiro atoms. The van der Waals surface area contributed by atoms with Crippen LogP contribution in [0, 0.1) is 10.1 Å². The molecule has 0 saturated carbocycles. The van der Waals surface area contributed by atoms with Crippen molar-refractivity contribution in [3.8, 4) is 0 Å². The number of amides is 1. The molecule has 0 saturated heterocycles. The molecule has 0 aromatic heterocycles. The minimum absolute atomic E-state index is 0.142. The number of anilines is 2. The van der Waals surface area contributed by atoms with Gasteiger partial charge in [-0.15, -0.1) is 0 Å². The van der Waals surface area contributed by atoms with Gasteiger partial charge < -0.3 is 15.4 Å². The summed E-state index contributed by atoms with van der Waals surface area (Å²) in [5.41, 5.74) is 1.04. The van der Waals surface area contributed by atoms with Crippen molar-refractivity contribution in [2.45, 2.75) is 0 Å². The Morgan fingerprint density at radius 2 is 1.81 bits per heavy atom. The van der Waals surface area contributed by atoms with Crippen LogP contribution in [0.15, 0.2) is 45.3 Å². The van der Waals surface area contributed by atoms with E-state index in [0.717, 1.165) is 0 Å². The first-order valence-corrected chi connectivity index (χ1v) is 8.79. The number of hydrogen-bond donors (Lipinski definition) is 2. The minimum atomic E-state index is -0.646. The maximum absolute atomic E-state index is 12.1. The fourth-order valence-corrected chi connectivity index (χ4v) is 3.41. The maximum atomic E-state index is 12.1. The van der Waals surface area contributed by atoms with Gasteiger partial charge in [0.25, 0.3) is 11.6 Å². The number of benzene rings is 2. The number of esters is 1. The third-order valence-corrected chi connectivity index (χ3v) is 4.50. The number of hydrogen-bond acceptors (Lipinski definition) is 6. The highest BCUT2D eigenvalue weighted by atomic mass is 79.9. The summed E-state index contributed by atoms with van der Waals surface area (Å²) in [5, 5.41) is 16.2. The van der Waals surface area contributed by atoms with Crippen LogP contribution in [0.25, 0.3) is 0 Å². The van der Waals surface area contributed by atoms with E-state index in [0.29, 0.717) is 25.9 Å². The van der Waals surface area contributed by atoms with Crippen LogP contribution in [0.5, 0.6) is 0 Å². The van der Waals surface area contributed by atoms with E-state index >= 15 is 0 Å². The van der Waals surface area contributed by atoms with Gasteiger partial charge in [0.1, 0.15) is 0 Å². The zero-order valence-electron chi connectivity index (χ0n) is 13.4. The lowest BCUT2D eigenvalue weighted by atomic mass is 10.2. The number of nitrogens with zero attached hydrogens (tertiary/aromatic N) is 1. The molecule has 8 nitrogen and oxygen atoms in total. The largest absolute Gasteiger partial charge is 0.452 e. The van der Waals surface area contributed by atoms with E-state index in [1.54, 1.807) is 31.3 Å². The third kappa shape index (κ3) is 4.79. The highest BCUT2D eigenvalue weighted by Crippen LogP contribution is 2.35. The Morgan fingerprint density at radius 3 is 2.38 bits per heavy atom. The molecule has 2 aromatic carbocycles. The number of halogens is 2. The predicted octanol–water partition coefficient (Wildman–Crippen LogP) is 3.96. The van der Waals surface area contributed by atoms with Gasteiger partial charge in [-0.2, -0.15) is 0 Å². The molecular weight excluding hydrogens is 474 g/mol. The van der Waals surface area contributed by atoms with Crippen molar-refractivity contribution in [2.75, 3.05) is 24.3 Å². The maximum Gasteiger partial charge on any atom is 0.340 e. The molecule has 136 valence electrons. The van der Waals surface area contributed by atoms with Gasteiger partial charge in [-0.05, 0) is 44.0 Å². The van der Waals surface area contributed by atoms with E-state index in [1.165, 1.54) is 12.1 Å². The van der Waals surface area contributed by atoms with Crippen LogP contribution in [-0.2, 0) is 9.53 Å². The molecule has 0 heterocycles. The summed E-state index contributed by atoms with van der Waals surface area (Å²) in [7, 11) is 1.67. The molecule has 0 unspecified atom stereocenters. The number of ether oxygens (including phenoxy) is 1. The number of nitro groups is 1. The van der Waals surface area contributed by atoms with E-state index in [-0.39, 0.29) is 5.69 Å². The molecule has 1 amide bonds. The third-order valence-electron chi connectivity index (χ3n) is 3.25. The van der Waals surface area contributed by atoms with Crippen LogP contribution in [0.3, 0.4) is 0 Å². The molecule has 0 aliphatic rings. The highest BCUT2D eigenvalue weighted by Gasteiger charge is 2.18. The first-order valence-electron chi connectivity index (χ1n) is 7.20. The van der Waals surface area contributed by atoms with Crippen molar-refractivity contribution in [1.82, 2.24) is 0 Å². The predicted molar refractivity (Wildman–Crippen MR) is 103 cm³/mol. The van der Waals surface area contributed by atoms with Gasteiger partial charge in [0.2, 0.25) is 0 Å². The molecule has 0 aliphatic heterocycles. The van der Waals surface area contributed by atoms with Gasteiger partial charge in [-0.3, -0.25) is 14.9 Å². The fourth-order valence-electron chi connectivity index (χ4n) is 2.05. The number of para-hydroxylation sites is 1. The fraction of sp³-hybridized carbons (Fsp3) is 0.125. The van der Waals surface area contributed by atoms with Gasteiger partial charge in [0.15, 0.2) is 6.61 Å². The van der Waals surface area contributed by atoms with Crippen molar-refractivity contribution in [3.63, 3.8) is 0 Å². The van der Waals surface area contributed by atoms with E-state index in [1.807, 2.05) is 0 Å². The topological polar surface area (TPSA) is 111 Å². The number of rotatable bonds is 6. The average Bonchev–Trinajstić information content (AvgIpc) is 2.62. The van der Waals surface area contributed by atoms with Crippen LogP contribution < -0.4 is 10.6 Å². The van der Waals surface area contributed by atoms with Crippen LogP contribution in [0.1, 0.15) is 10.4 Å². The standard InChI is InChI=1S/C16H13Br2N3O5/c1-19-13-5-3-2-4-10(13)16(23)26-8-14(22)20-15-11(17)6-9(21(24)25)7-12(15)18/h2-7,19H,8H2,1H3,(H,20,22). The van der Waals surface area contributed by atoms with Crippen molar-refractivity contribution < 1.29 is 19.2 Å². The molecule has 0 bridgehead atoms. The second-order valence-corrected chi connectivity index (χ2v) is 6.67. The number of nitrogens with one attached hydrogen (secondary N) is 2. The number of carbonyl (C=O) groups is 2. The summed E-state index contributed by atoms with van der Waals surface area (Å²) in [6.45, 7) is -0.507. The number of nitro benzene ring substituents is 1. The lowest BCUT2D eigenvalue weighted by molar-refractivity contribution is -0.385. The highest BCUT2D eigenvalue weighted by molar-refractivity contribution is 9.11. The Hall–Kier alpha value is -2.46. The minimum Gasteiger partial charge on any atom is -0.452 e. The molecular formula is C16H13Br2N3O5. The molecule has 2 aromatic rings. The van der Waals surface area contributed by atoms with E-state index in [2.05, 4.69) is 42.5 Å². The second-order valence-electron chi connectivity index (χ2n) is 4.96. The van der Waals surface area contributed by atoms with Crippen LogP contribution >= 0.6 is 31.9 Å². The summed E-state index contributed by atoms with van der Waals surface area (Å²) in [5.74, 6) is -1.23. The summed E-state index contributed by atoms with van der Waals surface area (Å²) in [6, 6.07) is 9.25. The molecule has 0 atom stereocenters. The number of carbonyl (C=O) groups excluding carboxylic acids is 2. The molecule has 2 N–H and O–H groups in total. The average molecular weight is 487 g/mol. The Bertz CT molecular complexity index is 850. The summed E-state index contributed by atoms with van der Waals surface area (Å²) >= 11 is 6.33. The summed E-state index contributed by atoms with van der Waals surface area (Å²) in [4.78, 5) is 34.4. The zero-order valence-corrected chi connectivity index (χ0v) is 16.6. The quantitative estimate of drug-likeness (QED) is 0.363. The first kappa shape index (κ1) is 19.9. The Morgan fingerprint density at radius 1 is 1.19 bits per heavy atom. The molecule has 10 heteroatoms. The SMILES string of the molecule is CNc1ccccc1C(=O)OCC(=O)Nc1c(Br)cc([N+](=O)[O-])cc1Br. The smallest absolute Gasteiger partial charge is 0.340 e. The lowest BCUT2D eigenvalue weighted by Crippen LogP contribution is -2.21. The molecule has 0 fully saturated rings. The van der Waals surface area contributed by atoms with Crippen molar-refractivity contribution in [1.29, 1.82) is 0 Å². The van der Waals surface area contributed by atoms with Gasteiger partial charge in [-0.25, -0.2) is 4.79 Å². The Balaban J connectivity index is 2.03. The zero-order chi connectivity index (χ0) is 19.3. The summed E-state index contributed by atoms with van der Waals surface area (Å²) in [6.07, 6.45) is 0. The Kier molecular flexibility index (Phi) is 6.70. The molecule has 26 heavy (non-hydrogen) atoms. The van der Waals surface area contributed by atoms with Crippen molar-refractivity contribution in [2.24, 2.45) is 0 Å². The van der Waals surface area contributed by atoms with E-state index in [9.17, 15) is 19.7 Å². The Labute approximate surface area is 165 Å². The van der Waals surface area contributed by atoms with Crippen molar-refractivity contribution >= 4 is 60.8 Å². The lowest BCUT2D eigenvalue weighted by Gasteiger charge is -2.11. The molecule has 0 aliphatic carbocycles. The molecule has 0 radical (unpaired) electrons. The van der Waals surface area contributed by atoms with Crippen LogP contribution in [-0.4, -0.2) is 30.5 Å². The monoisotopic (exact) mass is 485 g/mol.